The molecule has 1 aliphatic heterocycles. The van der Waals surface area contributed by atoms with Crippen LogP contribution in [0.2, 0.25) is 0 Å². The van der Waals surface area contributed by atoms with E-state index in [-0.39, 0.29) is 11.7 Å². The van der Waals surface area contributed by atoms with Crippen LogP contribution < -0.4 is 10.6 Å². The fraction of sp³-hybridized carbons (Fsp3) is 0.400. The normalized spacial score (nSPS) is 20.6. The maximum atomic E-state index is 13.2. The smallest absolute Gasteiger partial charge is 0.161 e. The summed E-state index contributed by atoms with van der Waals surface area (Å²) in [4.78, 5) is 0. The lowest BCUT2D eigenvalue weighted by Crippen LogP contribution is -2.22. The van der Waals surface area contributed by atoms with Crippen LogP contribution >= 0.6 is 0 Å². The lowest BCUT2D eigenvalue weighted by molar-refractivity contribution is 0.495. The number of rotatable bonds is 2. The summed E-state index contributed by atoms with van der Waals surface area (Å²) in [6.45, 7) is 1.56. The third kappa shape index (κ3) is 2.23. The molecular formula is C10H11F3N2. The van der Waals surface area contributed by atoms with Gasteiger partial charge in [-0.25, -0.2) is 13.2 Å². The van der Waals surface area contributed by atoms with Crippen molar-refractivity contribution >= 4 is 5.69 Å². The van der Waals surface area contributed by atoms with Crippen LogP contribution in [0.5, 0.6) is 0 Å². The Hall–Kier alpha value is -1.23. The second kappa shape index (κ2) is 4.10. The van der Waals surface area contributed by atoms with E-state index in [9.17, 15) is 13.2 Å². The van der Waals surface area contributed by atoms with E-state index in [1.165, 1.54) is 0 Å². The molecule has 2 rings (SSSR count). The number of anilines is 1. The standard InChI is InChI=1S/C10H11F3N2/c11-7-3-9(13)10(4-8(7)12)15-6-1-2-14-5-6/h3-4,6,14-15H,1-2,5H2. The summed E-state index contributed by atoms with van der Waals surface area (Å²) in [7, 11) is 0. The van der Waals surface area contributed by atoms with Crippen molar-refractivity contribution < 1.29 is 13.2 Å². The molecule has 0 spiro atoms. The second-order valence-electron chi connectivity index (χ2n) is 3.58. The summed E-state index contributed by atoms with van der Waals surface area (Å²) in [6, 6.07) is 1.48. The molecule has 1 fully saturated rings. The van der Waals surface area contributed by atoms with Gasteiger partial charge in [0.05, 0.1) is 5.69 Å². The Labute approximate surface area is 85.5 Å². The monoisotopic (exact) mass is 216 g/mol. The number of hydrogen-bond donors (Lipinski definition) is 2. The van der Waals surface area contributed by atoms with Gasteiger partial charge in [0.15, 0.2) is 11.6 Å². The first-order valence-corrected chi connectivity index (χ1v) is 4.78. The molecule has 15 heavy (non-hydrogen) atoms. The summed E-state index contributed by atoms with van der Waals surface area (Å²) >= 11 is 0. The first-order chi connectivity index (χ1) is 7.16. The van der Waals surface area contributed by atoms with Crippen LogP contribution in [-0.4, -0.2) is 19.1 Å². The van der Waals surface area contributed by atoms with Crippen LogP contribution in [0.4, 0.5) is 18.9 Å². The number of hydrogen-bond acceptors (Lipinski definition) is 2. The molecule has 82 valence electrons. The van der Waals surface area contributed by atoms with Crippen LogP contribution in [0.25, 0.3) is 0 Å². The summed E-state index contributed by atoms with van der Waals surface area (Å²) in [5, 5.41) is 5.92. The zero-order chi connectivity index (χ0) is 10.8. The molecule has 0 amide bonds. The van der Waals surface area contributed by atoms with Crippen molar-refractivity contribution in [2.24, 2.45) is 0 Å². The highest BCUT2D eigenvalue weighted by molar-refractivity contribution is 5.46. The molecule has 1 atom stereocenters. The van der Waals surface area contributed by atoms with Crippen molar-refractivity contribution in [2.45, 2.75) is 12.5 Å². The van der Waals surface area contributed by atoms with Gasteiger partial charge in [0.2, 0.25) is 0 Å². The number of nitrogens with one attached hydrogen (secondary N) is 2. The van der Waals surface area contributed by atoms with E-state index in [1.54, 1.807) is 0 Å². The highest BCUT2D eigenvalue weighted by atomic mass is 19.2. The minimum Gasteiger partial charge on any atom is -0.379 e. The average Bonchev–Trinajstić information content (AvgIpc) is 2.67. The van der Waals surface area contributed by atoms with Crippen molar-refractivity contribution in [3.05, 3.63) is 29.6 Å². The van der Waals surface area contributed by atoms with Crippen LogP contribution in [0, 0.1) is 17.5 Å². The van der Waals surface area contributed by atoms with Gasteiger partial charge in [0, 0.05) is 24.7 Å². The van der Waals surface area contributed by atoms with E-state index in [0.717, 1.165) is 19.0 Å². The highest BCUT2D eigenvalue weighted by Crippen LogP contribution is 2.20. The Morgan fingerprint density at radius 3 is 2.53 bits per heavy atom. The summed E-state index contributed by atoms with van der Waals surface area (Å²) < 4.78 is 38.6. The minimum absolute atomic E-state index is 0.0163. The molecule has 1 unspecified atom stereocenters. The Kier molecular flexibility index (Phi) is 2.81. The summed E-state index contributed by atoms with van der Waals surface area (Å²) in [5.74, 6) is -2.96. The maximum absolute atomic E-state index is 13.2. The summed E-state index contributed by atoms with van der Waals surface area (Å²) in [6.07, 6.45) is 0.846. The van der Waals surface area contributed by atoms with E-state index >= 15 is 0 Å². The van der Waals surface area contributed by atoms with Crippen molar-refractivity contribution in [1.29, 1.82) is 0 Å². The Balaban J connectivity index is 2.16. The molecular weight excluding hydrogens is 205 g/mol. The molecule has 2 nitrogen and oxygen atoms in total. The van der Waals surface area contributed by atoms with E-state index in [2.05, 4.69) is 10.6 Å². The second-order valence-corrected chi connectivity index (χ2v) is 3.58. The number of benzene rings is 1. The zero-order valence-electron chi connectivity index (χ0n) is 7.99. The SMILES string of the molecule is Fc1cc(F)c(NC2CCNC2)cc1F. The van der Waals surface area contributed by atoms with Gasteiger partial charge in [-0.05, 0) is 13.0 Å². The molecule has 0 aromatic heterocycles. The summed E-state index contributed by atoms with van der Waals surface area (Å²) in [5.41, 5.74) is 0.0163. The average molecular weight is 216 g/mol. The molecule has 0 aliphatic carbocycles. The fourth-order valence-corrected chi connectivity index (χ4v) is 1.63. The predicted octanol–water partition coefficient (Wildman–Crippen LogP) is 1.88. The molecule has 2 N–H and O–H groups in total. The molecule has 0 bridgehead atoms. The minimum atomic E-state index is -1.16. The van der Waals surface area contributed by atoms with E-state index in [0.29, 0.717) is 12.6 Å². The molecule has 1 aromatic carbocycles. The van der Waals surface area contributed by atoms with E-state index in [1.807, 2.05) is 0 Å². The first-order valence-electron chi connectivity index (χ1n) is 4.78. The topological polar surface area (TPSA) is 24.1 Å². The molecule has 1 heterocycles. The lowest BCUT2D eigenvalue weighted by Gasteiger charge is -2.13. The van der Waals surface area contributed by atoms with Crippen molar-refractivity contribution in [1.82, 2.24) is 5.32 Å². The fourth-order valence-electron chi connectivity index (χ4n) is 1.63. The lowest BCUT2D eigenvalue weighted by atomic mass is 10.2. The highest BCUT2D eigenvalue weighted by Gasteiger charge is 2.17. The Bertz CT molecular complexity index is 362. The molecule has 0 radical (unpaired) electrons. The van der Waals surface area contributed by atoms with Crippen molar-refractivity contribution in [3.63, 3.8) is 0 Å². The van der Waals surface area contributed by atoms with Crippen LogP contribution in [-0.2, 0) is 0 Å². The van der Waals surface area contributed by atoms with E-state index < -0.39 is 17.5 Å². The van der Waals surface area contributed by atoms with E-state index in [4.69, 9.17) is 0 Å². The van der Waals surface area contributed by atoms with Gasteiger partial charge in [-0.2, -0.15) is 0 Å². The molecule has 0 saturated carbocycles. The van der Waals surface area contributed by atoms with Gasteiger partial charge in [-0.1, -0.05) is 0 Å². The van der Waals surface area contributed by atoms with Gasteiger partial charge in [0.1, 0.15) is 5.82 Å². The Morgan fingerprint density at radius 2 is 1.87 bits per heavy atom. The first kappa shape index (κ1) is 10.3. The third-order valence-electron chi connectivity index (χ3n) is 2.43. The van der Waals surface area contributed by atoms with Crippen molar-refractivity contribution in [2.75, 3.05) is 18.4 Å². The van der Waals surface area contributed by atoms with Crippen LogP contribution in [0.15, 0.2) is 12.1 Å². The van der Waals surface area contributed by atoms with Crippen LogP contribution in [0.3, 0.4) is 0 Å². The van der Waals surface area contributed by atoms with Gasteiger partial charge in [-0.15, -0.1) is 0 Å². The zero-order valence-corrected chi connectivity index (χ0v) is 7.99. The van der Waals surface area contributed by atoms with Gasteiger partial charge in [0.25, 0.3) is 0 Å². The van der Waals surface area contributed by atoms with Crippen LogP contribution in [0.1, 0.15) is 6.42 Å². The molecule has 5 heteroatoms. The number of halogens is 3. The molecule has 1 aliphatic rings. The third-order valence-corrected chi connectivity index (χ3v) is 2.43. The largest absolute Gasteiger partial charge is 0.379 e. The maximum Gasteiger partial charge on any atom is 0.161 e. The molecule has 1 saturated heterocycles. The molecule has 1 aromatic rings. The van der Waals surface area contributed by atoms with Gasteiger partial charge < -0.3 is 10.6 Å². The Morgan fingerprint density at radius 1 is 1.13 bits per heavy atom. The van der Waals surface area contributed by atoms with Gasteiger partial charge >= 0.3 is 0 Å². The van der Waals surface area contributed by atoms with Crippen molar-refractivity contribution in [3.8, 4) is 0 Å². The quantitative estimate of drug-likeness (QED) is 0.737. The van der Waals surface area contributed by atoms with Gasteiger partial charge in [-0.3, -0.25) is 0 Å². The predicted molar refractivity (Wildman–Crippen MR) is 51.2 cm³/mol.